The van der Waals surface area contributed by atoms with Gasteiger partial charge in [0.05, 0.1) is 0 Å². The molecule has 24 heavy (non-hydrogen) atoms. The normalized spacial score (nSPS) is 9.92. The number of anilines is 3. The average Bonchev–Trinajstić information content (AvgIpc) is 2.90. The van der Waals surface area contributed by atoms with Gasteiger partial charge >= 0.3 is 0 Å². The highest BCUT2D eigenvalue weighted by Gasteiger charge is 2.21. The van der Waals surface area contributed by atoms with E-state index in [4.69, 9.17) is 11.0 Å². The molecule has 3 rings (SSSR count). The third-order valence-corrected chi connectivity index (χ3v) is 3.40. The van der Waals surface area contributed by atoms with Crippen LogP contribution in [-0.2, 0) is 0 Å². The maximum absolute atomic E-state index is 9.45. The lowest BCUT2D eigenvalue weighted by Gasteiger charge is -2.03. The zero-order valence-electron chi connectivity index (χ0n) is 12.6. The Kier molecular flexibility index (Phi) is 3.46. The molecule has 0 atom stereocenters. The summed E-state index contributed by atoms with van der Waals surface area (Å²) in [6.07, 6.45) is 0. The Balaban J connectivity index is 2.26. The zero-order chi connectivity index (χ0) is 17.3. The molecule has 3 aromatic rings. The molecule has 2 heterocycles. The molecule has 8 nitrogen and oxygen atoms in total. The van der Waals surface area contributed by atoms with Crippen LogP contribution in [0.4, 0.5) is 17.3 Å². The number of nitrogens with two attached hydrogens (primary N) is 1. The Morgan fingerprint density at radius 2 is 1.88 bits per heavy atom. The first-order valence-corrected chi connectivity index (χ1v) is 6.85. The van der Waals surface area contributed by atoms with Crippen LogP contribution in [-0.4, -0.2) is 14.6 Å². The fourth-order valence-electron chi connectivity index (χ4n) is 2.33. The van der Waals surface area contributed by atoms with Crippen LogP contribution >= 0.6 is 0 Å². The Morgan fingerprint density at radius 3 is 2.50 bits per heavy atom. The summed E-state index contributed by atoms with van der Waals surface area (Å²) in [7, 11) is 0. The number of nitriles is 3. The lowest BCUT2D eigenvalue weighted by Crippen LogP contribution is -2.06. The number of fused-ring (bicyclic) bond motifs is 1. The first-order chi connectivity index (χ1) is 11.6. The van der Waals surface area contributed by atoms with Gasteiger partial charge in [-0.2, -0.15) is 20.3 Å². The van der Waals surface area contributed by atoms with E-state index >= 15 is 0 Å². The van der Waals surface area contributed by atoms with Gasteiger partial charge in [-0.05, 0) is 24.6 Å². The third kappa shape index (κ3) is 2.23. The summed E-state index contributed by atoms with van der Waals surface area (Å²) in [6.45, 7) is 1.94. The second-order valence-electron chi connectivity index (χ2n) is 5.01. The zero-order valence-corrected chi connectivity index (χ0v) is 12.6. The number of nitrogens with zero attached hydrogens (tertiary/aromatic N) is 6. The molecule has 2 aromatic heterocycles. The van der Waals surface area contributed by atoms with Crippen molar-refractivity contribution in [3.63, 3.8) is 0 Å². The molecule has 0 spiro atoms. The number of benzene rings is 1. The predicted molar refractivity (Wildman–Crippen MR) is 86.0 cm³/mol. The fourth-order valence-corrected chi connectivity index (χ4v) is 2.33. The molecule has 0 radical (unpaired) electrons. The van der Waals surface area contributed by atoms with Crippen LogP contribution in [0.3, 0.4) is 0 Å². The van der Waals surface area contributed by atoms with E-state index in [0.717, 1.165) is 15.8 Å². The summed E-state index contributed by atoms with van der Waals surface area (Å²) in [4.78, 5) is 4.05. The minimum atomic E-state index is -0.111. The van der Waals surface area contributed by atoms with Gasteiger partial charge in [0.15, 0.2) is 17.2 Å². The van der Waals surface area contributed by atoms with E-state index in [1.807, 2.05) is 49.4 Å². The molecule has 114 valence electrons. The molecule has 0 amide bonds. The molecule has 0 bridgehead atoms. The highest BCUT2D eigenvalue weighted by Crippen LogP contribution is 2.26. The lowest BCUT2D eigenvalue weighted by atomic mass is 10.2. The number of rotatable bonds is 2. The standard InChI is InChI=1S/C16H10N8/c1-9-3-2-4-10(5-9)21-15-12(7-18)16-22-14(20)11(6-17)13(8-19)24(16)23-15/h2-5H,1H3,(H2,20,22)(H,21,23). The van der Waals surface area contributed by atoms with Crippen molar-refractivity contribution in [3.8, 4) is 18.2 Å². The van der Waals surface area contributed by atoms with Crippen molar-refractivity contribution < 1.29 is 0 Å². The molecular formula is C16H10N8. The van der Waals surface area contributed by atoms with Gasteiger partial charge in [0.1, 0.15) is 35.2 Å². The van der Waals surface area contributed by atoms with Crippen molar-refractivity contribution in [2.75, 3.05) is 11.1 Å². The van der Waals surface area contributed by atoms with Crippen molar-refractivity contribution in [2.24, 2.45) is 0 Å². The van der Waals surface area contributed by atoms with E-state index in [2.05, 4.69) is 15.4 Å². The Morgan fingerprint density at radius 1 is 1.12 bits per heavy atom. The first-order valence-electron chi connectivity index (χ1n) is 6.85. The van der Waals surface area contributed by atoms with Crippen LogP contribution in [0, 0.1) is 40.9 Å². The number of aromatic nitrogens is 3. The van der Waals surface area contributed by atoms with Gasteiger partial charge in [-0.1, -0.05) is 12.1 Å². The number of hydrogen-bond donors (Lipinski definition) is 2. The lowest BCUT2D eigenvalue weighted by molar-refractivity contribution is 0.921. The summed E-state index contributed by atoms with van der Waals surface area (Å²) in [5, 5.41) is 35.2. The largest absolute Gasteiger partial charge is 0.382 e. The van der Waals surface area contributed by atoms with E-state index in [9.17, 15) is 10.5 Å². The van der Waals surface area contributed by atoms with Crippen molar-refractivity contribution in [1.29, 1.82) is 15.8 Å². The number of hydrogen-bond acceptors (Lipinski definition) is 7. The SMILES string of the molecule is Cc1cccc(Nc2nn3c(C#N)c(C#N)c(N)nc3c2C#N)c1. The number of aryl methyl sites for hydroxylation is 1. The summed E-state index contributed by atoms with van der Waals surface area (Å²) >= 11 is 0. The van der Waals surface area contributed by atoms with Crippen LogP contribution in [0.1, 0.15) is 22.4 Å². The summed E-state index contributed by atoms with van der Waals surface area (Å²) in [6, 6.07) is 13.3. The summed E-state index contributed by atoms with van der Waals surface area (Å²) < 4.78 is 1.16. The van der Waals surface area contributed by atoms with Crippen LogP contribution in [0.25, 0.3) is 5.65 Å². The van der Waals surface area contributed by atoms with Crippen molar-refractivity contribution in [3.05, 3.63) is 46.6 Å². The Hall–Kier alpha value is -4.09. The van der Waals surface area contributed by atoms with E-state index < -0.39 is 0 Å². The molecular weight excluding hydrogens is 304 g/mol. The molecule has 0 fully saturated rings. The molecule has 3 N–H and O–H groups in total. The average molecular weight is 314 g/mol. The summed E-state index contributed by atoms with van der Waals surface area (Å²) in [5.41, 5.74) is 7.63. The Labute approximate surface area is 137 Å². The van der Waals surface area contributed by atoms with Crippen molar-refractivity contribution >= 4 is 23.0 Å². The molecule has 0 saturated carbocycles. The van der Waals surface area contributed by atoms with Crippen LogP contribution < -0.4 is 11.1 Å². The third-order valence-electron chi connectivity index (χ3n) is 3.40. The van der Waals surface area contributed by atoms with Crippen LogP contribution in [0.15, 0.2) is 24.3 Å². The molecule has 0 aliphatic heterocycles. The van der Waals surface area contributed by atoms with E-state index in [1.54, 1.807) is 0 Å². The Bertz CT molecular complexity index is 1090. The first kappa shape index (κ1) is 14.8. The topological polar surface area (TPSA) is 140 Å². The second kappa shape index (κ2) is 5.60. The van der Waals surface area contributed by atoms with Crippen molar-refractivity contribution in [1.82, 2.24) is 14.6 Å². The van der Waals surface area contributed by atoms with Crippen LogP contribution in [0.5, 0.6) is 0 Å². The van der Waals surface area contributed by atoms with Gasteiger partial charge in [-0.25, -0.2) is 4.98 Å². The molecule has 0 aliphatic carbocycles. The minimum absolute atomic E-state index is 0.0613. The number of nitrogens with one attached hydrogen (secondary N) is 1. The second-order valence-corrected chi connectivity index (χ2v) is 5.01. The number of nitrogen functional groups attached to an aromatic ring is 1. The van der Waals surface area contributed by atoms with Crippen molar-refractivity contribution in [2.45, 2.75) is 6.92 Å². The highest BCUT2D eigenvalue weighted by molar-refractivity contribution is 5.75. The fraction of sp³-hybridized carbons (Fsp3) is 0.0625. The smallest absolute Gasteiger partial charge is 0.179 e. The maximum Gasteiger partial charge on any atom is 0.179 e. The maximum atomic E-state index is 9.45. The quantitative estimate of drug-likeness (QED) is 0.736. The van der Waals surface area contributed by atoms with Crippen LogP contribution in [0.2, 0.25) is 0 Å². The van der Waals surface area contributed by atoms with E-state index in [0.29, 0.717) is 0 Å². The molecule has 8 heteroatoms. The van der Waals surface area contributed by atoms with Gasteiger partial charge in [0, 0.05) is 5.69 Å². The monoisotopic (exact) mass is 314 g/mol. The predicted octanol–water partition coefficient (Wildman–Crippen LogP) is 1.98. The highest BCUT2D eigenvalue weighted by atomic mass is 15.3. The van der Waals surface area contributed by atoms with E-state index in [-0.39, 0.29) is 34.1 Å². The minimum Gasteiger partial charge on any atom is -0.382 e. The molecule has 0 saturated heterocycles. The van der Waals surface area contributed by atoms with Gasteiger partial charge in [0.2, 0.25) is 0 Å². The molecule has 0 aliphatic rings. The molecule has 0 unspecified atom stereocenters. The molecule has 1 aromatic carbocycles. The van der Waals surface area contributed by atoms with E-state index in [1.165, 1.54) is 0 Å². The van der Waals surface area contributed by atoms with Gasteiger partial charge in [-0.3, -0.25) is 0 Å². The van der Waals surface area contributed by atoms with Gasteiger partial charge < -0.3 is 11.1 Å². The van der Waals surface area contributed by atoms with Gasteiger partial charge in [-0.15, -0.1) is 5.10 Å². The summed E-state index contributed by atoms with van der Waals surface area (Å²) in [5.74, 6) is 0.127. The van der Waals surface area contributed by atoms with Gasteiger partial charge in [0.25, 0.3) is 0 Å².